The Labute approximate surface area is 166 Å². The monoisotopic (exact) mass is 405 g/mol. The number of nitrogens with one attached hydrogen (secondary N) is 1. The first kappa shape index (κ1) is 18.6. The molecule has 0 aliphatic rings. The summed E-state index contributed by atoms with van der Waals surface area (Å²) in [6.07, 6.45) is 0. The van der Waals surface area contributed by atoms with Gasteiger partial charge in [0.05, 0.1) is 15.1 Å². The van der Waals surface area contributed by atoms with Crippen molar-refractivity contribution in [2.75, 3.05) is 11.9 Å². The molecular weight excluding hydrogens is 393 g/mol. The molecule has 0 bridgehead atoms. The van der Waals surface area contributed by atoms with Crippen LogP contribution >= 0.6 is 34.8 Å². The highest BCUT2D eigenvalue weighted by Crippen LogP contribution is 2.34. The van der Waals surface area contributed by atoms with Crippen molar-refractivity contribution in [1.82, 2.24) is 0 Å². The number of carbonyl (C=O) groups excluding carboxylic acids is 1. The number of benzene rings is 3. The molecule has 0 spiro atoms. The maximum Gasteiger partial charge on any atom is 0.262 e. The molecule has 0 saturated heterocycles. The molecule has 1 amide bonds. The van der Waals surface area contributed by atoms with Gasteiger partial charge in [0.2, 0.25) is 0 Å². The molecule has 0 atom stereocenters. The Hall–Kier alpha value is -2.20. The van der Waals surface area contributed by atoms with E-state index < -0.39 is 0 Å². The lowest BCUT2D eigenvalue weighted by atomic mass is 10.0. The van der Waals surface area contributed by atoms with Gasteiger partial charge >= 0.3 is 0 Å². The lowest BCUT2D eigenvalue weighted by Crippen LogP contribution is -2.20. The van der Waals surface area contributed by atoms with Crippen molar-refractivity contribution >= 4 is 46.4 Å². The summed E-state index contributed by atoms with van der Waals surface area (Å²) in [7, 11) is 0. The summed E-state index contributed by atoms with van der Waals surface area (Å²) in [5.41, 5.74) is 2.64. The van der Waals surface area contributed by atoms with E-state index in [1.807, 2.05) is 54.6 Å². The number of para-hydroxylation sites is 1. The van der Waals surface area contributed by atoms with Crippen LogP contribution in [0.1, 0.15) is 0 Å². The fourth-order valence-electron chi connectivity index (χ4n) is 2.41. The van der Waals surface area contributed by atoms with Gasteiger partial charge in [-0.3, -0.25) is 4.79 Å². The Morgan fingerprint density at radius 1 is 0.846 bits per heavy atom. The van der Waals surface area contributed by atoms with Crippen molar-refractivity contribution in [3.63, 3.8) is 0 Å². The van der Waals surface area contributed by atoms with Crippen LogP contribution < -0.4 is 10.1 Å². The zero-order valence-electron chi connectivity index (χ0n) is 13.5. The van der Waals surface area contributed by atoms with E-state index in [0.717, 1.165) is 11.1 Å². The third-order valence-corrected chi connectivity index (χ3v) is 4.64. The number of ether oxygens (including phenoxy) is 1. The van der Waals surface area contributed by atoms with Crippen molar-refractivity contribution in [3.8, 4) is 16.9 Å². The number of hydrogen-bond acceptors (Lipinski definition) is 2. The average molecular weight is 407 g/mol. The molecule has 6 heteroatoms. The van der Waals surface area contributed by atoms with E-state index in [-0.39, 0.29) is 17.5 Å². The molecule has 0 heterocycles. The van der Waals surface area contributed by atoms with Crippen LogP contribution in [0.2, 0.25) is 15.1 Å². The van der Waals surface area contributed by atoms with Gasteiger partial charge in [0.1, 0.15) is 5.75 Å². The van der Waals surface area contributed by atoms with Gasteiger partial charge < -0.3 is 10.1 Å². The molecule has 3 nitrogen and oxygen atoms in total. The Bertz CT molecular complexity index is 930. The van der Waals surface area contributed by atoms with E-state index >= 15 is 0 Å². The van der Waals surface area contributed by atoms with Gasteiger partial charge in [-0.25, -0.2) is 0 Å². The van der Waals surface area contributed by atoms with Crippen LogP contribution in [0.15, 0.2) is 66.7 Å². The third kappa shape index (κ3) is 4.50. The van der Waals surface area contributed by atoms with Gasteiger partial charge in [-0.15, -0.1) is 0 Å². The van der Waals surface area contributed by atoms with Crippen molar-refractivity contribution in [3.05, 3.63) is 81.8 Å². The fraction of sp³-hybridized carbons (Fsp3) is 0.0500. The molecule has 3 aromatic rings. The molecule has 26 heavy (non-hydrogen) atoms. The minimum atomic E-state index is -0.310. The van der Waals surface area contributed by atoms with Gasteiger partial charge in [-0.2, -0.15) is 0 Å². The number of rotatable bonds is 5. The largest absolute Gasteiger partial charge is 0.482 e. The fourth-order valence-corrected chi connectivity index (χ4v) is 3.00. The number of halogens is 3. The minimum absolute atomic E-state index is 0.208. The second kappa shape index (κ2) is 8.45. The first-order valence-electron chi connectivity index (χ1n) is 7.76. The Morgan fingerprint density at radius 3 is 2.27 bits per heavy atom. The predicted octanol–water partition coefficient (Wildman–Crippen LogP) is 6.33. The van der Waals surface area contributed by atoms with E-state index in [1.54, 1.807) is 0 Å². The molecule has 0 aliphatic heterocycles. The van der Waals surface area contributed by atoms with Crippen LogP contribution in [0.4, 0.5) is 5.69 Å². The van der Waals surface area contributed by atoms with Crippen molar-refractivity contribution in [2.24, 2.45) is 0 Å². The van der Waals surface area contributed by atoms with E-state index in [9.17, 15) is 4.79 Å². The SMILES string of the molecule is O=C(COc1cc(Cl)c(Cl)cc1Cl)Nc1ccccc1-c1ccccc1. The van der Waals surface area contributed by atoms with Crippen LogP contribution in [0, 0.1) is 0 Å². The molecule has 0 fully saturated rings. The number of carbonyl (C=O) groups is 1. The molecule has 1 N–H and O–H groups in total. The van der Waals surface area contributed by atoms with E-state index in [1.165, 1.54) is 12.1 Å². The topological polar surface area (TPSA) is 38.3 Å². The highest BCUT2D eigenvalue weighted by Gasteiger charge is 2.11. The molecule has 0 saturated carbocycles. The number of anilines is 1. The molecule has 0 unspecified atom stereocenters. The third-order valence-electron chi connectivity index (χ3n) is 3.62. The van der Waals surface area contributed by atoms with Gasteiger partial charge in [-0.05, 0) is 17.7 Å². The van der Waals surface area contributed by atoms with Gasteiger partial charge in [-0.1, -0.05) is 83.3 Å². The highest BCUT2D eigenvalue weighted by atomic mass is 35.5. The van der Waals surface area contributed by atoms with E-state index in [4.69, 9.17) is 39.5 Å². The van der Waals surface area contributed by atoms with Gasteiger partial charge in [0, 0.05) is 17.3 Å². The summed E-state index contributed by atoms with van der Waals surface area (Å²) in [6.45, 7) is -0.208. The zero-order valence-corrected chi connectivity index (χ0v) is 15.8. The van der Waals surface area contributed by atoms with Crippen molar-refractivity contribution in [2.45, 2.75) is 0 Å². The second-order valence-electron chi connectivity index (χ2n) is 5.45. The Morgan fingerprint density at radius 2 is 1.50 bits per heavy atom. The van der Waals surface area contributed by atoms with Crippen molar-refractivity contribution < 1.29 is 9.53 Å². The standard InChI is InChI=1S/C20H14Cl3NO2/c21-15-10-17(23)19(11-16(15)22)26-12-20(25)24-18-9-5-4-8-14(18)13-6-2-1-3-7-13/h1-11H,12H2,(H,24,25). The van der Waals surface area contributed by atoms with Crippen LogP contribution in [0.5, 0.6) is 5.75 Å². The average Bonchev–Trinajstić information content (AvgIpc) is 2.65. The lowest BCUT2D eigenvalue weighted by molar-refractivity contribution is -0.118. The molecule has 3 aromatic carbocycles. The summed E-state index contributed by atoms with van der Waals surface area (Å²) in [5.74, 6) is -0.0110. The first-order valence-corrected chi connectivity index (χ1v) is 8.89. The summed E-state index contributed by atoms with van der Waals surface area (Å²) in [6, 6.07) is 20.3. The zero-order chi connectivity index (χ0) is 18.5. The quantitative estimate of drug-likeness (QED) is 0.503. The van der Waals surface area contributed by atoms with Crippen molar-refractivity contribution in [1.29, 1.82) is 0 Å². The Balaban J connectivity index is 1.71. The number of amides is 1. The maximum absolute atomic E-state index is 12.3. The molecule has 132 valence electrons. The summed E-state index contributed by atoms with van der Waals surface area (Å²) >= 11 is 17.9. The number of hydrogen-bond donors (Lipinski definition) is 1. The highest BCUT2D eigenvalue weighted by molar-refractivity contribution is 6.43. The predicted molar refractivity (Wildman–Crippen MR) is 107 cm³/mol. The van der Waals surface area contributed by atoms with Gasteiger partial charge in [0.15, 0.2) is 6.61 Å². The lowest BCUT2D eigenvalue weighted by Gasteiger charge is -2.13. The van der Waals surface area contributed by atoms with Crippen LogP contribution in [-0.2, 0) is 4.79 Å². The molecule has 3 rings (SSSR count). The summed E-state index contributed by atoms with van der Waals surface area (Å²) in [5, 5.41) is 3.78. The molecular formula is C20H14Cl3NO2. The van der Waals surface area contributed by atoms with Gasteiger partial charge in [0.25, 0.3) is 5.91 Å². The molecule has 0 aliphatic carbocycles. The van der Waals surface area contributed by atoms with Crippen LogP contribution in [0.25, 0.3) is 11.1 Å². The summed E-state index contributed by atoms with van der Waals surface area (Å²) < 4.78 is 5.47. The normalized spacial score (nSPS) is 10.4. The maximum atomic E-state index is 12.3. The van der Waals surface area contributed by atoms with E-state index in [2.05, 4.69) is 5.32 Å². The smallest absolute Gasteiger partial charge is 0.262 e. The van der Waals surface area contributed by atoms with Crippen LogP contribution in [0.3, 0.4) is 0 Å². The Kier molecular flexibility index (Phi) is 6.04. The summed E-state index contributed by atoms with van der Waals surface area (Å²) in [4.78, 5) is 12.3. The molecule has 0 aromatic heterocycles. The van der Waals surface area contributed by atoms with Crippen LogP contribution in [-0.4, -0.2) is 12.5 Å². The first-order chi connectivity index (χ1) is 12.5. The minimum Gasteiger partial charge on any atom is -0.482 e. The molecule has 0 radical (unpaired) electrons. The second-order valence-corrected chi connectivity index (χ2v) is 6.67. The van der Waals surface area contributed by atoms with E-state index in [0.29, 0.717) is 21.5 Å².